The molecular formula is C7H7Cl3N2O. The Morgan fingerprint density at radius 3 is 2.31 bits per heavy atom. The van der Waals surface area contributed by atoms with Crippen LogP contribution in [0.1, 0.15) is 5.82 Å². The Bertz CT molecular complexity index is 262. The van der Waals surface area contributed by atoms with E-state index in [1.54, 1.807) is 18.5 Å². The zero-order chi connectivity index (χ0) is 9.90. The summed E-state index contributed by atoms with van der Waals surface area (Å²) in [5.74, 6) is 0.446. The maximum absolute atomic E-state index is 9.36. The first-order chi connectivity index (χ1) is 6.00. The van der Waals surface area contributed by atoms with Crippen LogP contribution in [-0.4, -0.2) is 25.0 Å². The molecule has 0 unspecified atom stereocenters. The van der Waals surface area contributed by atoms with E-state index in [1.165, 1.54) is 0 Å². The lowest BCUT2D eigenvalue weighted by Gasteiger charge is -2.17. The van der Waals surface area contributed by atoms with Crippen LogP contribution in [0.4, 0.5) is 0 Å². The lowest BCUT2D eigenvalue weighted by molar-refractivity contribution is 0.176. The van der Waals surface area contributed by atoms with Crippen LogP contribution in [0, 0.1) is 0 Å². The van der Waals surface area contributed by atoms with E-state index in [4.69, 9.17) is 34.8 Å². The van der Waals surface area contributed by atoms with E-state index in [1.807, 2.05) is 0 Å². The Kier molecular flexibility index (Phi) is 3.74. The predicted octanol–water partition coefficient (Wildman–Crippen LogP) is 1.75. The Hall–Kier alpha value is -0.0900. The molecule has 6 heteroatoms. The first kappa shape index (κ1) is 11.0. The van der Waals surface area contributed by atoms with Gasteiger partial charge in [0.1, 0.15) is 11.9 Å². The van der Waals surface area contributed by atoms with Crippen molar-refractivity contribution in [2.24, 2.45) is 0 Å². The molecule has 0 amide bonds. The molecule has 1 rings (SSSR count). The number of aliphatic hydroxyl groups excluding tert-OH is 1. The van der Waals surface area contributed by atoms with Gasteiger partial charge in [0.2, 0.25) is 3.79 Å². The number of hydrogen-bond acceptors (Lipinski definition) is 3. The van der Waals surface area contributed by atoms with E-state index in [9.17, 15) is 5.11 Å². The van der Waals surface area contributed by atoms with Crippen molar-refractivity contribution < 1.29 is 5.11 Å². The average molecular weight is 242 g/mol. The summed E-state index contributed by atoms with van der Waals surface area (Å²) in [7, 11) is 0. The summed E-state index contributed by atoms with van der Waals surface area (Å²) in [6.07, 6.45) is 2.15. The highest BCUT2D eigenvalue weighted by atomic mass is 35.6. The SMILES string of the molecule is O[C@@H](Cc1ncccn1)C(Cl)(Cl)Cl. The average Bonchev–Trinajstić information content (AvgIpc) is 2.04. The van der Waals surface area contributed by atoms with Gasteiger partial charge in [0.05, 0.1) is 0 Å². The van der Waals surface area contributed by atoms with E-state index >= 15 is 0 Å². The monoisotopic (exact) mass is 240 g/mol. The van der Waals surface area contributed by atoms with Gasteiger partial charge in [-0.1, -0.05) is 34.8 Å². The standard InChI is InChI=1S/C7H7Cl3N2O/c8-7(9,10)5(13)4-6-11-2-1-3-12-6/h1-3,5,13H,4H2/t5-/m0/s1. The third kappa shape index (κ3) is 3.65. The quantitative estimate of drug-likeness (QED) is 0.803. The maximum atomic E-state index is 9.36. The Morgan fingerprint density at radius 1 is 1.31 bits per heavy atom. The molecule has 1 aromatic heterocycles. The van der Waals surface area contributed by atoms with Crippen LogP contribution in [0.2, 0.25) is 0 Å². The summed E-state index contributed by atoms with van der Waals surface area (Å²) in [6, 6.07) is 1.67. The van der Waals surface area contributed by atoms with Crippen LogP contribution in [0.3, 0.4) is 0 Å². The van der Waals surface area contributed by atoms with Crippen LogP contribution >= 0.6 is 34.8 Å². The van der Waals surface area contributed by atoms with Gasteiger partial charge >= 0.3 is 0 Å². The highest BCUT2D eigenvalue weighted by Crippen LogP contribution is 2.31. The van der Waals surface area contributed by atoms with Crippen molar-refractivity contribution in [1.82, 2.24) is 9.97 Å². The molecule has 0 bridgehead atoms. The Morgan fingerprint density at radius 2 is 1.85 bits per heavy atom. The predicted molar refractivity (Wildman–Crippen MR) is 52.0 cm³/mol. The molecule has 0 fully saturated rings. The summed E-state index contributed by atoms with van der Waals surface area (Å²) in [6.45, 7) is 0. The van der Waals surface area contributed by atoms with Crippen LogP contribution in [0.25, 0.3) is 0 Å². The van der Waals surface area contributed by atoms with Gasteiger partial charge in [-0.25, -0.2) is 9.97 Å². The molecule has 1 aromatic rings. The third-order valence-corrected chi connectivity index (χ3v) is 2.13. The number of rotatable bonds is 2. The molecule has 1 heterocycles. The Labute approximate surface area is 90.7 Å². The molecule has 3 nitrogen and oxygen atoms in total. The molecule has 1 atom stereocenters. The largest absolute Gasteiger partial charge is 0.388 e. The van der Waals surface area contributed by atoms with Gasteiger partial charge in [0.25, 0.3) is 0 Å². The molecule has 0 saturated carbocycles. The molecule has 0 aliphatic heterocycles. The summed E-state index contributed by atoms with van der Waals surface area (Å²) in [5, 5.41) is 9.36. The molecular weight excluding hydrogens is 234 g/mol. The molecule has 1 N–H and O–H groups in total. The van der Waals surface area contributed by atoms with Crippen molar-refractivity contribution in [1.29, 1.82) is 0 Å². The van der Waals surface area contributed by atoms with Gasteiger partial charge in [-0.2, -0.15) is 0 Å². The Balaban J connectivity index is 2.61. The van der Waals surface area contributed by atoms with Crippen LogP contribution in [0.5, 0.6) is 0 Å². The number of aliphatic hydroxyl groups is 1. The number of hydrogen-bond donors (Lipinski definition) is 1. The number of nitrogens with zero attached hydrogens (tertiary/aromatic N) is 2. The molecule has 0 saturated heterocycles. The minimum Gasteiger partial charge on any atom is -0.388 e. The van der Waals surface area contributed by atoms with E-state index < -0.39 is 9.90 Å². The second-order valence-electron chi connectivity index (χ2n) is 2.43. The maximum Gasteiger partial charge on any atom is 0.216 e. The lowest BCUT2D eigenvalue weighted by atomic mass is 10.2. The summed E-state index contributed by atoms with van der Waals surface area (Å²) in [4.78, 5) is 7.77. The topological polar surface area (TPSA) is 46.0 Å². The number of aromatic nitrogens is 2. The van der Waals surface area contributed by atoms with E-state index in [0.717, 1.165) is 0 Å². The molecule has 0 aliphatic rings. The van der Waals surface area contributed by atoms with E-state index in [0.29, 0.717) is 5.82 Å². The molecule has 0 aromatic carbocycles. The second-order valence-corrected chi connectivity index (χ2v) is 4.80. The minimum atomic E-state index is -1.70. The minimum absolute atomic E-state index is 0.122. The smallest absolute Gasteiger partial charge is 0.216 e. The normalized spacial score (nSPS) is 14.2. The fraction of sp³-hybridized carbons (Fsp3) is 0.429. The van der Waals surface area contributed by atoms with Crippen LogP contribution in [0.15, 0.2) is 18.5 Å². The van der Waals surface area contributed by atoms with Gasteiger partial charge in [-0.05, 0) is 6.07 Å². The van der Waals surface area contributed by atoms with Gasteiger partial charge in [0.15, 0.2) is 0 Å². The van der Waals surface area contributed by atoms with Crippen LogP contribution in [-0.2, 0) is 6.42 Å². The zero-order valence-corrected chi connectivity index (χ0v) is 8.76. The molecule has 72 valence electrons. The first-order valence-corrected chi connectivity index (χ1v) is 4.64. The van der Waals surface area contributed by atoms with Crippen molar-refractivity contribution in [2.75, 3.05) is 0 Å². The highest BCUT2D eigenvalue weighted by molar-refractivity contribution is 6.68. The fourth-order valence-corrected chi connectivity index (χ4v) is 0.955. The van der Waals surface area contributed by atoms with Crippen molar-refractivity contribution in [3.63, 3.8) is 0 Å². The second kappa shape index (κ2) is 4.42. The van der Waals surface area contributed by atoms with Crippen LogP contribution < -0.4 is 0 Å². The van der Waals surface area contributed by atoms with Crippen molar-refractivity contribution >= 4 is 34.8 Å². The highest BCUT2D eigenvalue weighted by Gasteiger charge is 2.31. The zero-order valence-electron chi connectivity index (χ0n) is 6.49. The molecule has 0 aliphatic carbocycles. The number of alkyl halides is 3. The third-order valence-electron chi connectivity index (χ3n) is 1.37. The summed E-state index contributed by atoms with van der Waals surface area (Å²) >= 11 is 16.4. The van der Waals surface area contributed by atoms with Crippen molar-refractivity contribution in [3.8, 4) is 0 Å². The number of halogens is 3. The van der Waals surface area contributed by atoms with Gasteiger partial charge in [-0.15, -0.1) is 0 Å². The van der Waals surface area contributed by atoms with Gasteiger partial charge < -0.3 is 5.11 Å². The molecule has 13 heavy (non-hydrogen) atoms. The van der Waals surface area contributed by atoms with E-state index in [-0.39, 0.29) is 6.42 Å². The van der Waals surface area contributed by atoms with Gasteiger partial charge in [-0.3, -0.25) is 0 Å². The molecule has 0 spiro atoms. The fourth-order valence-electron chi connectivity index (χ4n) is 0.724. The van der Waals surface area contributed by atoms with Crippen molar-refractivity contribution in [2.45, 2.75) is 16.3 Å². The summed E-state index contributed by atoms with van der Waals surface area (Å²) < 4.78 is -1.70. The molecule has 0 radical (unpaired) electrons. The first-order valence-electron chi connectivity index (χ1n) is 3.51. The van der Waals surface area contributed by atoms with Crippen molar-refractivity contribution in [3.05, 3.63) is 24.3 Å². The van der Waals surface area contributed by atoms with E-state index in [2.05, 4.69) is 9.97 Å². The van der Waals surface area contributed by atoms with Gasteiger partial charge in [0, 0.05) is 18.8 Å². The summed E-state index contributed by atoms with van der Waals surface area (Å²) in [5.41, 5.74) is 0. The lowest BCUT2D eigenvalue weighted by Crippen LogP contribution is -2.28.